The van der Waals surface area contributed by atoms with Crippen LogP contribution in [0.15, 0.2) is 29.8 Å². The molecule has 0 radical (unpaired) electrons. The molecule has 0 saturated heterocycles. The van der Waals surface area contributed by atoms with Crippen LogP contribution >= 0.6 is 11.6 Å². The molecule has 1 atom stereocenters. The van der Waals surface area contributed by atoms with Crippen LogP contribution in [0, 0.1) is 11.8 Å². The Bertz CT molecular complexity index is 1140. The second kappa shape index (κ2) is 14.2. The van der Waals surface area contributed by atoms with Gasteiger partial charge in [0.25, 0.3) is 0 Å². The summed E-state index contributed by atoms with van der Waals surface area (Å²) in [6.07, 6.45) is 15.5. The number of carbonyl (C=O) groups is 2. The van der Waals surface area contributed by atoms with Crippen molar-refractivity contribution in [2.24, 2.45) is 11.8 Å². The van der Waals surface area contributed by atoms with Crippen molar-refractivity contribution in [3.63, 3.8) is 0 Å². The Kier molecular flexibility index (Phi) is 10.7. The molecular formula is C32H43ClN2O4. The average molecular weight is 555 g/mol. The molecule has 2 fully saturated rings. The zero-order valence-corrected chi connectivity index (χ0v) is 24.2. The van der Waals surface area contributed by atoms with Crippen molar-refractivity contribution in [1.29, 1.82) is 0 Å². The van der Waals surface area contributed by atoms with E-state index in [9.17, 15) is 14.7 Å². The fourth-order valence-corrected chi connectivity index (χ4v) is 6.69. The molecule has 2 saturated carbocycles. The third kappa shape index (κ3) is 7.53. The first-order chi connectivity index (χ1) is 18.9. The highest BCUT2D eigenvalue weighted by Crippen LogP contribution is 2.38. The van der Waals surface area contributed by atoms with Gasteiger partial charge in [-0.25, -0.2) is 9.78 Å². The summed E-state index contributed by atoms with van der Waals surface area (Å²) in [6.45, 7) is 2.70. The molecule has 212 valence electrons. The standard InChI is InChI=1S/C32H43ClN2O4/c1-3-4-14-28-34-30(33)27(20-26(32(38)39-2)19-22-10-6-5-7-11-22)35(28)21-23-15-17-25(18-16-23)29(31(36)37)24-12-8-9-13-24/h15-18,20,22,24,29H,3-14,19,21H2,1-2H3,(H,36,37)/b26-20+. The lowest BCUT2D eigenvalue weighted by Crippen LogP contribution is -2.19. The maximum atomic E-state index is 12.8. The Hall–Kier alpha value is -2.60. The van der Waals surface area contributed by atoms with E-state index in [-0.39, 0.29) is 11.9 Å². The number of unbranched alkanes of at least 4 members (excludes halogenated alkanes) is 1. The SMILES string of the molecule is CCCCc1nc(Cl)c(/C=C(\CC2CCCCC2)C(=O)OC)n1Cc1ccc(C(C(=O)O)C2CCCC2)cc1. The number of nitrogens with zero attached hydrogens (tertiary/aromatic N) is 2. The van der Waals surface area contributed by atoms with Crippen molar-refractivity contribution in [3.05, 3.63) is 57.6 Å². The van der Waals surface area contributed by atoms with Gasteiger partial charge in [0.15, 0.2) is 5.15 Å². The first-order valence-electron chi connectivity index (χ1n) is 14.8. The van der Waals surface area contributed by atoms with Crippen molar-refractivity contribution < 1.29 is 19.4 Å². The van der Waals surface area contributed by atoms with Crippen LogP contribution in [0.4, 0.5) is 0 Å². The summed E-state index contributed by atoms with van der Waals surface area (Å²) in [4.78, 5) is 29.6. The maximum Gasteiger partial charge on any atom is 0.333 e. The van der Waals surface area contributed by atoms with Gasteiger partial charge in [0, 0.05) is 18.5 Å². The number of carboxylic acid groups (broad SMARTS) is 1. The quantitative estimate of drug-likeness (QED) is 0.214. The first-order valence-corrected chi connectivity index (χ1v) is 15.1. The molecule has 1 heterocycles. The minimum Gasteiger partial charge on any atom is -0.481 e. The molecule has 7 heteroatoms. The molecule has 2 aromatic rings. The number of ether oxygens (including phenoxy) is 1. The lowest BCUT2D eigenvalue weighted by Gasteiger charge is -2.22. The molecule has 1 unspecified atom stereocenters. The van der Waals surface area contributed by atoms with Crippen LogP contribution in [0.5, 0.6) is 0 Å². The van der Waals surface area contributed by atoms with Crippen LogP contribution in [-0.4, -0.2) is 33.7 Å². The molecule has 0 bridgehead atoms. The monoisotopic (exact) mass is 554 g/mol. The zero-order valence-electron chi connectivity index (χ0n) is 23.5. The van der Waals surface area contributed by atoms with Gasteiger partial charge in [-0.15, -0.1) is 0 Å². The van der Waals surface area contributed by atoms with E-state index in [0.29, 0.717) is 29.6 Å². The van der Waals surface area contributed by atoms with E-state index in [1.807, 2.05) is 30.3 Å². The molecule has 1 aromatic heterocycles. The van der Waals surface area contributed by atoms with Crippen molar-refractivity contribution >= 4 is 29.6 Å². The van der Waals surface area contributed by atoms with Gasteiger partial charge in [-0.2, -0.15) is 0 Å². The predicted octanol–water partition coefficient (Wildman–Crippen LogP) is 7.81. The average Bonchev–Trinajstić information content (AvgIpc) is 3.56. The number of rotatable bonds is 12. The number of aliphatic carboxylic acids is 1. The lowest BCUT2D eigenvalue weighted by atomic mass is 9.84. The molecule has 6 nitrogen and oxygen atoms in total. The van der Waals surface area contributed by atoms with Crippen LogP contribution in [0.2, 0.25) is 5.15 Å². The normalized spacial score (nSPS) is 17.9. The largest absolute Gasteiger partial charge is 0.481 e. The smallest absolute Gasteiger partial charge is 0.333 e. The number of carboxylic acids is 1. The van der Waals surface area contributed by atoms with E-state index in [1.54, 1.807) is 0 Å². The van der Waals surface area contributed by atoms with E-state index in [1.165, 1.54) is 26.4 Å². The van der Waals surface area contributed by atoms with Crippen molar-refractivity contribution in [2.45, 2.75) is 103 Å². The molecular weight excluding hydrogens is 512 g/mol. The van der Waals surface area contributed by atoms with Gasteiger partial charge < -0.3 is 14.4 Å². The van der Waals surface area contributed by atoms with E-state index in [4.69, 9.17) is 21.3 Å². The highest BCUT2D eigenvalue weighted by Gasteiger charge is 2.32. The van der Waals surface area contributed by atoms with Gasteiger partial charge in [-0.3, -0.25) is 4.79 Å². The highest BCUT2D eigenvalue weighted by molar-refractivity contribution is 6.30. The van der Waals surface area contributed by atoms with Gasteiger partial charge in [-0.1, -0.05) is 94.2 Å². The fraction of sp³-hybridized carbons (Fsp3) is 0.594. The third-order valence-corrected chi connectivity index (χ3v) is 8.88. The van der Waals surface area contributed by atoms with E-state index < -0.39 is 11.9 Å². The molecule has 0 amide bonds. The topological polar surface area (TPSA) is 81.4 Å². The van der Waals surface area contributed by atoms with Gasteiger partial charge in [0.2, 0.25) is 0 Å². The Labute approximate surface area is 237 Å². The second-order valence-corrected chi connectivity index (χ2v) is 11.7. The summed E-state index contributed by atoms with van der Waals surface area (Å²) in [6, 6.07) is 7.98. The molecule has 0 spiro atoms. The number of hydrogen-bond donors (Lipinski definition) is 1. The Morgan fingerprint density at radius 2 is 1.77 bits per heavy atom. The number of carbonyl (C=O) groups excluding carboxylic acids is 1. The minimum atomic E-state index is -0.737. The number of aromatic nitrogens is 2. The number of benzene rings is 1. The summed E-state index contributed by atoms with van der Waals surface area (Å²) in [7, 11) is 1.43. The summed E-state index contributed by atoms with van der Waals surface area (Å²) in [5, 5.41) is 10.3. The van der Waals surface area contributed by atoms with Crippen molar-refractivity contribution in [3.8, 4) is 0 Å². The molecule has 1 aromatic carbocycles. The van der Waals surface area contributed by atoms with Crippen LogP contribution in [-0.2, 0) is 27.3 Å². The summed E-state index contributed by atoms with van der Waals surface area (Å²) in [5.74, 6) is 0.0836. The van der Waals surface area contributed by atoms with Gasteiger partial charge >= 0.3 is 11.9 Å². The van der Waals surface area contributed by atoms with Crippen LogP contribution < -0.4 is 0 Å². The predicted molar refractivity (Wildman–Crippen MR) is 155 cm³/mol. The molecule has 2 aliphatic rings. The fourth-order valence-electron chi connectivity index (χ4n) is 6.44. The maximum absolute atomic E-state index is 12.8. The second-order valence-electron chi connectivity index (χ2n) is 11.4. The molecule has 0 aliphatic heterocycles. The summed E-state index contributed by atoms with van der Waals surface area (Å²) < 4.78 is 7.28. The molecule has 1 N–H and O–H groups in total. The summed E-state index contributed by atoms with van der Waals surface area (Å²) in [5.41, 5.74) is 3.29. The van der Waals surface area contributed by atoms with Gasteiger partial charge in [0.1, 0.15) is 5.82 Å². The summed E-state index contributed by atoms with van der Waals surface area (Å²) >= 11 is 6.71. The minimum absolute atomic E-state index is 0.207. The number of esters is 1. The van der Waals surface area contributed by atoms with E-state index in [2.05, 4.69) is 11.5 Å². The molecule has 4 rings (SSSR count). The highest BCUT2D eigenvalue weighted by atomic mass is 35.5. The number of methoxy groups -OCH3 is 1. The van der Waals surface area contributed by atoms with Crippen LogP contribution in [0.1, 0.15) is 113 Å². The van der Waals surface area contributed by atoms with Crippen LogP contribution in [0.25, 0.3) is 6.08 Å². The number of hydrogen-bond acceptors (Lipinski definition) is 4. The number of halogens is 1. The number of imidazole rings is 1. The van der Waals surface area contributed by atoms with Gasteiger partial charge in [-0.05, 0) is 54.7 Å². The molecule has 2 aliphatic carbocycles. The Morgan fingerprint density at radius 1 is 1.10 bits per heavy atom. The van der Waals surface area contributed by atoms with Crippen molar-refractivity contribution in [1.82, 2.24) is 9.55 Å². The zero-order chi connectivity index (χ0) is 27.8. The third-order valence-electron chi connectivity index (χ3n) is 8.60. The lowest BCUT2D eigenvalue weighted by molar-refractivity contribution is -0.140. The first kappa shape index (κ1) is 29.4. The number of aryl methyl sites for hydroxylation is 1. The Morgan fingerprint density at radius 3 is 2.38 bits per heavy atom. The molecule has 39 heavy (non-hydrogen) atoms. The van der Waals surface area contributed by atoms with Gasteiger partial charge in [0.05, 0.1) is 18.7 Å². The van der Waals surface area contributed by atoms with E-state index >= 15 is 0 Å². The Balaban J connectivity index is 1.64. The van der Waals surface area contributed by atoms with Crippen LogP contribution in [0.3, 0.4) is 0 Å². The van der Waals surface area contributed by atoms with Crippen molar-refractivity contribution in [2.75, 3.05) is 7.11 Å². The van der Waals surface area contributed by atoms with E-state index in [0.717, 1.165) is 80.4 Å².